The van der Waals surface area contributed by atoms with Crippen LogP contribution in [0.15, 0.2) is 71.2 Å². The molecule has 2 aromatic carbocycles. The SMILES string of the molecule is Cc1nc(-c2cccc(Br)c2)ccc1C(=O)OC(C(=O)NC1CC1)c1ccccc1. The molecule has 4 rings (SSSR count). The maximum absolute atomic E-state index is 12.9. The second-order valence-electron chi connectivity index (χ2n) is 7.32. The van der Waals surface area contributed by atoms with Gasteiger partial charge in [-0.15, -0.1) is 0 Å². The van der Waals surface area contributed by atoms with Gasteiger partial charge in [0.2, 0.25) is 6.10 Å². The third-order valence-corrected chi connectivity index (χ3v) is 5.41. The van der Waals surface area contributed by atoms with E-state index in [4.69, 9.17) is 4.74 Å². The van der Waals surface area contributed by atoms with Gasteiger partial charge in [0, 0.05) is 21.6 Å². The van der Waals surface area contributed by atoms with Crippen molar-refractivity contribution in [3.8, 4) is 11.3 Å². The molecule has 30 heavy (non-hydrogen) atoms. The van der Waals surface area contributed by atoms with Crippen LogP contribution in [0.4, 0.5) is 0 Å². The Balaban J connectivity index is 1.56. The van der Waals surface area contributed by atoms with Gasteiger partial charge in [-0.3, -0.25) is 9.78 Å². The largest absolute Gasteiger partial charge is 0.444 e. The van der Waals surface area contributed by atoms with E-state index in [0.29, 0.717) is 16.8 Å². The van der Waals surface area contributed by atoms with E-state index in [2.05, 4.69) is 26.2 Å². The number of pyridine rings is 1. The van der Waals surface area contributed by atoms with E-state index >= 15 is 0 Å². The van der Waals surface area contributed by atoms with Crippen LogP contribution < -0.4 is 5.32 Å². The first-order chi connectivity index (χ1) is 14.5. The highest BCUT2D eigenvalue weighted by Gasteiger charge is 2.31. The predicted octanol–water partition coefficient (Wildman–Crippen LogP) is 5.00. The van der Waals surface area contributed by atoms with Gasteiger partial charge in [0.05, 0.1) is 17.0 Å². The van der Waals surface area contributed by atoms with Crippen LogP contribution >= 0.6 is 15.9 Å². The molecule has 6 heteroatoms. The van der Waals surface area contributed by atoms with E-state index in [1.165, 1.54) is 0 Å². The molecular weight excluding hydrogens is 444 g/mol. The number of carbonyl (C=O) groups is 2. The highest BCUT2D eigenvalue weighted by atomic mass is 79.9. The average Bonchev–Trinajstić information content (AvgIpc) is 3.56. The summed E-state index contributed by atoms with van der Waals surface area (Å²) in [5.74, 6) is -0.867. The lowest BCUT2D eigenvalue weighted by Crippen LogP contribution is -2.33. The van der Waals surface area contributed by atoms with Crippen molar-refractivity contribution in [2.75, 3.05) is 0 Å². The fourth-order valence-corrected chi connectivity index (χ4v) is 3.56. The first-order valence-corrected chi connectivity index (χ1v) is 10.6. The summed E-state index contributed by atoms with van der Waals surface area (Å²) >= 11 is 3.46. The van der Waals surface area contributed by atoms with Gasteiger partial charge in [0.1, 0.15) is 0 Å². The lowest BCUT2D eigenvalue weighted by atomic mass is 10.1. The number of nitrogens with one attached hydrogen (secondary N) is 1. The molecule has 1 heterocycles. The summed E-state index contributed by atoms with van der Waals surface area (Å²) in [6.45, 7) is 1.76. The number of benzene rings is 2. The van der Waals surface area contributed by atoms with Gasteiger partial charge < -0.3 is 10.1 Å². The third-order valence-electron chi connectivity index (χ3n) is 4.92. The number of hydrogen-bond acceptors (Lipinski definition) is 4. The van der Waals surface area contributed by atoms with Crippen molar-refractivity contribution in [2.24, 2.45) is 0 Å². The Morgan fingerprint density at radius 1 is 1.07 bits per heavy atom. The minimum absolute atomic E-state index is 0.176. The zero-order valence-electron chi connectivity index (χ0n) is 16.5. The van der Waals surface area contributed by atoms with Crippen LogP contribution in [0.3, 0.4) is 0 Å². The van der Waals surface area contributed by atoms with Gasteiger partial charge in [0.25, 0.3) is 5.91 Å². The van der Waals surface area contributed by atoms with E-state index in [1.54, 1.807) is 31.2 Å². The summed E-state index contributed by atoms with van der Waals surface area (Å²) in [6.07, 6.45) is 0.922. The number of rotatable bonds is 6. The number of esters is 1. The van der Waals surface area contributed by atoms with Gasteiger partial charge in [-0.1, -0.05) is 58.4 Å². The van der Waals surface area contributed by atoms with Crippen LogP contribution in [-0.2, 0) is 9.53 Å². The number of aryl methyl sites for hydroxylation is 1. The van der Waals surface area contributed by atoms with Crippen LogP contribution in [0, 0.1) is 6.92 Å². The van der Waals surface area contributed by atoms with E-state index in [0.717, 1.165) is 28.6 Å². The Hall–Kier alpha value is -2.99. The standard InChI is InChI=1S/C24H21BrN2O3/c1-15-20(12-13-21(26-15)17-8-5-9-18(25)14-17)24(29)30-22(16-6-3-2-4-7-16)23(28)27-19-10-11-19/h2-9,12-14,19,22H,10-11H2,1H3,(H,27,28). The smallest absolute Gasteiger partial charge is 0.341 e. The topological polar surface area (TPSA) is 68.3 Å². The fourth-order valence-electron chi connectivity index (χ4n) is 3.16. The Labute approximate surface area is 183 Å². The Kier molecular flexibility index (Phi) is 5.95. The molecule has 1 fully saturated rings. The predicted molar refractivity (Wildman–Crippen MR) is 118 cm³/mol. The first kappa shape index (κ1) is 20.3. The second kappa shape index (κ2) is 8.79. The summed E-state index contributed by atoms with van der Waals surface area (Å²) < 4.78 is 6.61. The normalized spacial score (nSPS) is 14.1. The molecule has 0 spiro atoms. The minimum Gasteiger partial charge on any atom is -0.444 e. The summed E-state index contributed by atoms with van der Waals surface area (Å²) in [4.78, 5) is 30.2. The van der Waals surface area contributed by atoms with Gasteiger partial charge in [-0.05, 0) is 44.0 Å². The molecule has 5 nitrogen and oxygen atoms in total. The van der Waals surface area contributed by atoms with Crippen molar-refractivity contribution in [1.82, 2.24) is 10.3 Å². The number of carbonyl (C=O) groups excluding carboxylic acids is 2. The fraction of sp³-hybridized carbons (Fsp3) is 0.208. The number of ether oxygens (including phenoxy) is 1. The molecule has 1 unspecified atom stereocenters. The van der Waals surface area contributed by atoms with E-state index < -0.39 is 12.1 Å². The molecule has 0 saturated heterocycles. The monoisotopic (exact) mass is 464 g/mol. The highest BCUT2D eigenvalue weighted by molar-refractivity contribution is 9.10. The van der Waals surface area contributed by atoms with Crippen LogP contribution in [-0.4, -0.2) is 22.9 Å². The zero-order valence-corrected chi connectivity index (χ0v) is 18.1. The zero-order chi connectivity index (χ0) is 21.1. The maximum atomic E-state index is 12.9. The lowest BCUT2D eigenvalue weighted by Gasteiger charge is -2.18. The number of hydrogen-bond donors (Lipinski definition) is 1. The van der Waals surface area contributed by atoms with Crippen LogP contribution in [0.1, 0.15) is 40.6 Å². The number of aromatic nitrogens is 1. The first-order valence-electron chi connectivity index (χ1n) is 9.81. The Morgan fingerprint density at radius 3 is 2.50 bits per heavy atom. The number of nitrogens with zero attached hydrogens (tertiary/aromatic N) is 1. The summed E-state index contributed by atoms with van der Waals surface area (Å²) in [5, 5.41) is 2.92. The molecule has 1 amide bonds. The molecule has 0 aliphatic heterocycles. The van der Waals surface area contributed by atoms with Crippen molar-refractivity contribution >= 4 is 27.8 Å². The van der Waals surface area contributed by atoms with Crippen molar-refractivity contribution in [3.05, 3.63) is 88.0 Å². The molecule has 1 saturated carbocycles. The van der Waals surface area contributed by atoms with Gasteiger partial charge in [-0.25, -0.2) is 4.79 Å². The minimum atomic E-state index is -0.997. The molecular formula is C24H21BrN2O3. The second-order valence-corrected chi connectivity index (χ2v) is 8.23. The molecule has 0 bridgehead atoms. The molecule has 1 atom stereocenters. The third kappa shape index (κ3) is 4.76. The van der Waals surface area contributed by atoms with Crippen LogP contribution in [0.2, 0.25) is 0 Å². The Morgan fingerprint density at radius 2 is 1.83 bits per heavy atom. The van der Waals surface area contributed by atoms with E-state index in [-0.39, 0.29) is 11.9 Å². The van der Waals surface area contributed by atoms with Crippen molar-refractivity contribution < 1.29 is 14.3 Å². The van der Waals surface area contributed by atoms with Gasteiger partial charge >= 0.3 is 5.97 Å². The molecule has 1 aliphatic carbocycles. The van der Waals surface area contributed by atoms with Crippen molar-refractivity contribution in [1.29, 1.82) is 0 Å². The summed E-state index contributed by atoms with van der Waals surface area (Å²) in [6, 6.07) is 20.5. The lowest BCUT2D eigenvalue weighted by molar-refractivity contribution is -0.130. The van der Waals surface area contributed by atoms with Crippen molar-refractivity contribution in [2.45, 2.75) is 31.9 Å². The molecule has 0 radical (unpaired) electrons. The van der Waals surface area contributed by atoms with Crippen molar-refractivity contribution in [3.63, 3.8) is 0 Å². The number of halogens is 1. The average molecular weight is 465 g/mol. The number of amides is 1. The van der Waals surface area contributed by atoms with Crippen LogP contribution in [0.25, 0.3) is 11.3 Å². The maximum Gasteiger partial charge on any atom is 0.341 e. The Bertz CT molecular complexity index is 1080. The molecule has 1 aromatic heterocycles. The molecule has 152 valence electrons. The van der Waals surface area contributed by atoms with Gasteiger partial charge in [-0.2, -0.15) is 0 Å². The molecule has 3 aromatic rings. The van der Waals surface area contributed by atoms with Crippen LogP contribution in [0.5, 0.6) is 0 Å². The quantitative estimate of drug-likeness (QED) is 0.521. The van der Waals surface area contributed by atoms with Gasteiger partial charge in [0.15, 0.2) is 0 Å². The summed E-state index contributed by atoms with van der Waals surface area (Å²) in [7, 11) is 0. The summed E-state index contributed by atoms with van der Waals surface area (Å²) in [5.41, 5.74) is 3.23. The molecule has 1 N–H and O–H groups in total. The molecule has 1 aliphatic rings. The highest BCUT2D eigenvalue weighted by Crippen LogP contribution is 2.26. The van der Waals surface area contributed by atoms with E-state index in [9.17, 15) is 9.59 Å². The van der Waals surface area contributed by atoms with E-state index in [1.807, 2.05) is 42.5 Å².